The molecular weight excluding hydrogens is 540 g/mol. The molecule has 0 fully saturated rings. The molecule has 0 radical (unpaired) electrons. The number of aliphatic imine (C=N–C) groups is 1. The van der Waals surface area contributed by atoms with Crippen LogP contribution in [0.3, 0.4) is 0 Å². The molecule has 0 aliphatic rings. The molecule has 1 heterocycles. The van der Waals surface area contributed by atoms with Crippen LogP contribution in [0.15, 0.2) is 17.3 Å². The van der Waals surface area contributed by atoms with Crippen molar-refractivity contribution in [2.45, 2.75) is 112 Å². The zero-order valence-electron chi connectivity index (χ0n) is 26.8. The van der Waals surface area contributed by atoms with E-state index in [1.165, 1.54) is 0 Å². The fourth-order valence-electron chi connectivity index (χ4n) is 4.06. The van der Waals surface area contributed by atoms with Gasteiger partial charge in [-0.05, 0) is 111 Å². The van der Waals surface area contributed by atoms with E-state index in [0.29, 0.717) is 24.4 Å². The number of rotatable bonds is 9. The van der Waals surface area contributed by atoms with Crippen molar-refractivity contribution in [3.63, 3.8) is 0 Å². The molecule has 0 spiro atoms. The minimum Gasteiger partial charge on any atom is -0.444 e. The van der Waals surface area contributed by atoms with Gasteiger partial charge in [0.25, 0.3) is 0 Å². The fourth-order valence-corrected chi connectivity index (χ4v) is 4.06. The molecule has 2 amide bonds. The van der Waals surface area contributed by atoms with E-state index in [9.17, 15) is 14.7 Å². The van der Waals surface area contributed by atoms with Crippen LogP contribution in [0.5, 0.6) is 5.75 Å². The highest BCUT2D eigenvalue weighted by Gasteiger charge is 2.27. The van der Waals surface area contributed by atoms with E-state index in [0.717, 1.165) is 27.9 Å². The molecule has 12 nitrogen and oxygen atoms in total. The number of nitrogens with one attached hydrogen (secondary N) is 4. The van der Waals surface area contributed by atoms with E-state index in [1.54, 1.807) is 47.7 Å². The van der Waals surface area contributed by atoms with Gasteiger partial charge in [-0.15, -0.1) is 0 Å². The Labute approximate surface area is 249 Å². The van der Waals surface area contributed by atoms with Crippen LogP contribution >= 0.6 is 0 Å². The minimum absolute atomic E-state index is 0.0557. The molecular formula is C30H48N6O6. The number of carbonyl (C=O) groups is 2. The van der Waals surface area contributed by atoms with Gasteiger partial charge in [0, 0.05) is 18.4 Å². The maximum absolute atomic E-state index is 12.5. The number of imidazole rings is 1. The third kappa shape index (κ3) is 11.2. The normalized spacial score (nSPS) is 13.7. The molecule has 1 aromatic carbocycles. The number of aromatic nitrogens is 2. The summed E-state index contributed by atoms with van der Waals surface area (Å²) in [7, 11) is 0. The first-order valence-corrected chi connectivity index (χ1v) is 14.1. The van der Waals surface area contributed by atoms with E-state index < -0.39 is 35.5 Å². The van der Waals surface area contributed by atoms with Crippen LogP contribution in [0.25, 0.3) is 0 Å². The summed E-state index contributed by atoms with van der Waals surface area (Å²) >= 11 is 0. The largest absolute Gasteiger partial charge is 0.444 e. The Kier molecular flexibility index (Phi) is 11.8. The number of hydrogen-bond acceptors (Lipinski definition) is 8. The van der Waals surface area contributed by atoms with Gasteiger partial charge in [-0.1, -0.05) is 6.07 Å². The molecule has 2 unspecified atom stereocenters. The highest BCUT2D eigenvalue weighted by molar-refractivity contribution is 5.93. The van der Waals surface area contributed by atoms with Crippen molar-refractivity contribution in [2.75, 3.05) is 6.54 Å². The number of aliphatic hydroxyl groups is 1. The molecule has 0 saturated heterocycles. The number of aliphatic hydroxyl groups excluding tert-OH is 1. The maximum Gasteiger partial charge on any atom is 0.414 e. The number of aryl methyl sites for hydroxylation is 3. The standard InChI is InChI=1S/C30H48N6O6/c1-17-15-18(2)24(21(5)20(17)4)42-36-26(35-28(39)41-30(9,10)11)31-14-12-13-22(34-27(38)40-29(6,7)8)23(37)25-32-16-19(3)33-25/h15-16,22-23,37H,12-14H2,1-11H3,(H,32,33)(H,34,38)(H2,31,35,36,39). The van der Waals surface area contributed by atoms with Crippen molar-refractivity contribution in [1.82, 2.24) is 26.1 Å². The van der Waals surface area contributed by atoms with Crippen LogP contribution in [-0.2, 0) is 9.47 Å². The SMILES string of the molecule is Cc1cnc(C(O)C(CCCN=C(NOc2c(C)cc(C)c(C)c2C)NC(=O)OC(C)(C)C)NC(=O)OC(C)(C)C)[nH]1. The predicted octanol–water partition coefficient (Wildman–Crippen LogP) is 5.12. The second-order valence-electron chi connectivity index (χ2n) is 12.4. The van der Waals surface area contributed by atoms with Crippen molar-refractivity contribution >= 4 is 18.1 Å². The average Bonchev–Trinajstić information content (AvgIpc) is 3.27. The van der Waals surface area contributed by atoms with Crippen LogP contribution in [0.2, 0.25) is 0 Å². The average molecular weight is 589 g/mol. The highest BCUT2D eigenvalue weighted by Crippen LogP contribution is 2.28. The van der Waals surface area contributed by atoms with Gasteiger partial charge < -0.3 is 29.7 Å². The number of nitrogens with zero attached hydrogens (tertiary/aromatic N) is 2. The number of hydroxylamine groups is 1. The Hall–Kier alpha value is -3.80. The Morgan fingerprint density at radius 3 is 2.17 bits per heavy atom. The summed E-state index contributed by atoms with van der Waals surface area (Å²) in [5, 5.41) is 16.3. The highest BCUT2D eigenvalue weighted by atomic mass is 16.7. The van der Waals surface area contributed by atoms with Gasteiger partial charge in [0.2, 0.25) is 5.96 Å². The van der Waals surface area contributed by atoms with Crippen molar-refractivity contribution < 1.29 is 29.0 Å². The van der Waals surface area contributed by atoms with E-state index in [-0.39, 0.29) is 12.5 Å². The summed E-state index contributed by atoms with van der Waals surface area (Å²) in [5.74, 6) is 1.02. The first-order chi connectivity index (χ1) is 19.4. The first-order valence-electron chi connectivity index (χ1n) is 14.1. The lowest BCUT2D eigenvalue weighted by atomic mass is 10.00. The second kappa shape index (κ2) is 14.4. The van der Waals surface area contributed by atoms with Crippen molar-refractivity contribution in [3.8, 4) is 5.75 Å². The number of hydrogen-bond donors (Lipinski definition) is 5. The zero-order valence-corrected chi connectivity index (χ0v) is 26.8. The molecule has 2 aromatic rings. The Morgan fingerprint density at radius 2 is 1.60 bits per heavy atom. The quantitative estimate of drug-likeness (QED) is 0.117. The molecule has 0 bridgehead atoms. The Balaban J connectivity index is 2.18. The van der Waals surface area contributed by atoms with E-state index >= 15 is 0 Å². The summed E-state index contributed by atoms with van der Waals surface area (Å²) < 4.78 is 10.8. The van der Waals surface area contributed by atoms with Gasteiger partial charge >= 0.3 is 12.2 Å². The molecule has 42 heavy (non-hydrogen) atoms. The summed E-state index contributed by atoms with van der Waals surface area (Å²) in [5.41, 5.74) is 6.28. The molecule has 2 rings (SSSR count). The van der Waals surface area contributed by atoms with Gasteiger partial charge in [-0.3, -0.25) is 10.3 Å². The topological polar surface area (TPSA) is 159 Å². The summed E-state index contributed by atoms with van der Waals surface area (Å²) in [4.78, 5) is 42.6. The number of amides is 2. The van der Waals surface area contributed by atoms with Gasteiger partial charge in [-0.2, -0.15) is 5.48 Å². The number of benzene rings is 1. The molecule has 0 aliphatic heterocycles. The Morgan fingerprint density at radius 1 is 0.976 bits per heavy atom. The van der Waals surface area contributed by atoms with Gasteiger partial charge in [-0.25, -0.2) is 14.6 Å². The zero-order chi connectivity index (χ0) is 31.8. The van der Waals surface area contributed by atoms with Crippen LogP contribution in [0.1, 0.15) is 94.3 Å². The van der Waals surface area contributed by atoms with Crippen molar-refractivity contribution in [3.05, 3.63) is 46.0 Å². The van der Waals surface area contributed by atoms with Crippen molar-refractivity contribution in [2.24, 2.45) is 4.99 Å². The molecule has 2 atom stereocenters. The van der Waals surface area contributed by atoms with Gasteiger partial charge in [0.1, 0.15) is 23.1 Å². The third-order valence-corrected chi connectivity index (χ3v) is 6.18. The number of H-pyrrole nitrogens is 1. The van der Waals surface area contributed by atoms with Gasteiger partial charge in [0.15, 0.2) is 5.75 Å². The fraction of sp³-hybridized carbons (Fsp3) is 0.600. The van der Waals surface area contributed by atoms with Crippen molar-refractivity contribution in [1.29, 1.82) is 0 Å². The summed E-state index contributed by atoms with van der Waals surface area (Å²) in [6, 6.07) is 1.31. The first kappa shape index (κ1) is 34.4. The van der Waals surface area contributed by atoms with Crippen LogP contribution < -0.4 is 21.0 Å². The van der Waals surface area contributed by atoms with Crippen LogP contribution in [-0.4, -0.2) is 57.0 Å². The molecule has 12 heteroatoms. The molecule has 0 saturated carbocycles. The lowest BCUT2D eigenvalue weighted by Gasteiger charge is -2.26. The number of aromatic amines is 1. The predicted molar refractivity (Wildman–Crippen MR) is 162 cm³/mol. The molecule has 234 valence electrons. The second-order valence-corrected chi connectivity index (χ2v) is 12.4. The lowest BCUT2D eigenvalue weighted by molar-refractivity contribution is 0.0403. The van der Waals surface area contributed by atoms with Crippen LogP contribution in [0, 0.1) is 34.6 Å². The summed E-state index contributed by atoms with van der Waals surface area (Å²) in [6.07, 6.45) is -0.0858. The van der Waals surface area contributed by atoms with Gasteiger partial charge in [0.05, 0.1) is 6.04 Å². The monoisotopic (exact) mass is 588 g/mol. The number of guanidine groups is 1. The number of carbonyl (C=O) groups excluding carboxylic acids is 2. The van der Waals surface area contributed by atoms with E-state index in [1.807, 2.05) is 40.7 Å². The summed E-state index contributed by atoms with van der Waals surface area (Å²) in [6.45, 7) is 20.6. The van der Waals surface area contributed by atoms with Crippen LogP contribution in [0.4, 0.5) is 9.59 Å². The third-order valence-electron chi connectivity index (χ3n) is 6.18. The minimum atomic E-state index is -1.10. The number of alkyl carbamates (subject to hydrolysis) is 2. The molecule has 5 N–H and O–H groups in total. The molecule has 0 aliphatic carbocycles. The Bertz CT molecular complexity index is 1260. The molecule has 1 aromatic heterocycles. The smallest absolute Gasteiger partial charge is 0.414 e. The van der Waals surface area contributed by atoms with E-state index in [4.69, 9.17) is 14.3 Å². The maximum atomic E-state index is 12.5. The lowest BCUT2D eigenvalue weighted by Crippen LogP contribution is -2.45. The number of ether oxygens (including phenoxy) is 2. The van der Waals surface area contributed by atoms with E-state index in [2.05, 4.69) is 31.1 Å².